The van der Waals surface area contributed by atoms with Gasteiger partial charge in [0.05, 0.1) is 0 Å². The molecule has 0 saturated carbocycles. The maximum absolute atomic E-state index is 9.93. The van der Waals surface area contributed by atoms with Crippen LogP contribution < -0.4 is 5.73 Å². The van der Waals surface area contributed by atoms with E-state index in [1.807, 2.05) is 36.4 Å². The highest BCUT2D eigenvalue weighted by Crippen LogP contribution is 1.96. The molecular formula is C9H11NO4S. The Morgan fingerprint density at radius 3 is 1.40 bits per heavy atom. The van der Waals surface area contributed by atoms with Crippen LogP contribution in [0.2, 0.25) is 0 Å². The van der Waals surface area contributed by atoms with Crippen LogP contribution in [0.4, 0.5) is 0 Å². The predicted molar refractivity (Wildman–Crippen MR) is 56.3 cm³/mol. The number of rotatable bonds is 2. The molecule has 0 aromatic heterocycles. The van der Waals surface area contributed by atoms with Crippen molar-refractivity contribution in [3.63, 3.8) is 0 Å². The Kier molecular flexibility index (Phi) is 5.29. The summed E-state index contributed by atoms with van der Waals surface area (Å²) in [5.41, 5.74) is 4.44. The summed E-state index contributed by atoms with van der Waals surface area (Å²) in [6.45, 7) is 2.71. The summed E-state index contributed by atoms with van der Waals surface area (Å²) in [6.07, 6.45) is 0. The van der Waals surface area contributed by atoms with Crippen molar-refractivity contribution in [3.05, 3.63) is 47.9 Å². The lowest BCUT2D eigenvalue weighted by molar-refractivity contribution is -0.113. The lowest BCUT2D eigenvalue weighted by atomic mass is 10.4. The fourth-order valence-electron chi connectivity index (χ4n) is 0.512. The Balaban J connectivity index is 0.000000280. The largest absolute Gasteiger partial charge is 0.365 e. The van der Waals surface area contributed by atoms with Crippen molar-refractivity contribution < 1.29 is 17.8 Å². The highest BCUT2D eigenvalue weighted by molar-refractivity contribution is 7.90. The van der Waals surface area contributed by atoms with E-state index in [2.05, 4.69) is 12.3 Å². The van der Waals surface area contributed by atoms with Crippen LogP contribution in [0.1, 0.15) is 0 Å². The summed E-state index contributed by atoms with van der Waals surface area (Å²) >= 11 is 0. The second-order valence-corrected chi connectivity index (χ2v) is 3.86. The van der Waals surface area contributed by atoms with Crippen molar-refractivity contribution in [2.24, 2.45) is 5.73 Å². The van der Waals surface area contributed by atoms with E-state index in [9.17, 15) is 13.2 Å². The van der Waals surface area contributed by atoms with Gasteiger partial charge in [-0.05, 0) is 0 Å². The van der Waals surface area contributed by atoms with Crippen LogP contribution in [0, 0.1) is 0 Å². The number of amides is 1. The maximum Gasteiger partial charge on any atom is 0.299 e. The quantitative estimate of drug-likeness (QED) is 0.572. The first-order valence-corrected chi connectivity index (χ1v) is 5.26. The summed E-state index contributed by atoms with van der Waals surface area (Å²) in [6, 6.07) is 12.0. The molecule has 1 rings (SSSR count). The minimum absolute atomic E-state index is 0.998. The molecule has 1 amide bonds. The molecule has 0 atom stereocenters. The SMILES string of the molecule is C=C(C(N)=O)S(=O)(=O)O.c1ccccc1. The van der Waals surface area contributed by atoms with E-state index in [0.717, 1.165) is 0 Å². The van der Waals surface area contributed by atoms with Crippen molar-refractivity contribution in [3.8, 4) is 0 Å². The van der Waals surface area contributed by atoms with Gasteiger partial charge in [-0.3, -0.25) is 9.35 Å². The number of hydrogen-bond acceptors (Lipinski definition) is 3. The van der Waals surface area contributed by atoms with Crippen LogP contribution in [0.3, 0.4) is 0 Å². The van der Waals surface area contributed by atoms with E-state index in [1.54, 1.807) is 0 Å². The van der Waals surface area contributed by atoms with Crippen molar-refractivity contribution in [1.82, 2.24) is 0 Å². The molecule has 0 aliphatic heterocycles. The van der Waals surface area contributed by atoms with Gasteiger partial charge in [0.25, 0.3) is 16.0 Å². The maximum atomic E-state index is 9.93. The van der Waals surface area contributed by atoms with E-state index >= 15 is 0 Å². The zero-order valence-corrected chi connectivity index (χ0v) is 8.65. The zero-order chi connectivity index (χ0) is 11.9. The average Bonchev–Trinajstić information content (AvgIpc) is 2.19. The van der Waals surface area contributed by atoms with E-state index < -0.39 is 20.9 Å². The van der Waals surface area contributed by atoms with Crippen LogP contribution in [0.5, 0.6) is 0 Å². The molecule has 0 aliphatic carbocycles. The Bertz CT molecular complexity index is 398. The smallest absolute Gasteiger partial charge is 0.299 e. The van der Waals surface area contributed by atoms with Gasteiger partial charge in [-0.1, -0.05) is 43.0 Å². The number of primary amides is 1. The number of hydrogen-bond donors (Lipinski definition) is 2. The van der Waals surface area contributed by atoms with Gasteiger partial charge in [-0.2, -0.15) is 8.42 Å². The monoisotopic (exact) mass is 229 g/mol. The van der Waals surface area contributed by atoms with Crippen molar-refractivity contribution in [1.29, 1.82) is 0 Å². The summed E-state index contributed by atoms with van der Waals surface area (Å²) < 4.78 is 27.9. The number of nitrogens with two attached hydrogens (primary N) is 1. The first-order valence-electron chi connectivity index (χ1n) is 3.82. The molecule has 1 aromatic rings. The molecule has 0 aliphatic rings. The average molecular weight is 229 g/mol. The van der Waals surface area contributed by atoms with Gasteiger partial charge < -0.3 is 5.73 Å². The van der Waals surface area contributed by atoms with Crippen LogP contribution in [-0.4, -0.2) is 18.9 Å². The molecule has 1 aromatic carbocycles. The number of carbonyl (C=O) groups is 1. The van der Waals surface area contributed by atoms with Crippen LogP contribution in [0.25, 0.3) is 0 Å². The van der Waals surface area contributed by atoms with Crippen molar-refractivity contribution in [2.45, 2.75) is 0 Å². The molecule has 0 bridgehead atoms. The molecule has 0 radical (unpaired) electrons. The molecule has 0 heterocycles. The summed E-state index contributed by atoms with van der Waals surface area (Å²) in [7, 11) is -4.47. The van der Waals surface area contributed by atoms with E-state index in [0.29, 0.717) is 0 Å². The van der Waals surface area contributed by atoms with Gasteiger partial charge in [-0.25, -0.2) is 0 Å². The minimum atomic E-state index is -4.47. The predicted octanol–water partition coefficient (Wildman–Crippen LogP) is 0.560. The first-order chi connectivity index (χ1) is 6.85. The van der Waals surface area contributed by atoms with Crippen LogP contribution in [-0.2, 0) is 14.9 Å². The molecule has 0 unspecified atom stereocenters. The third-order valence-corrected chi connectivity index (χ3v) is 2.08. The molecule has 0 saturated heterocycles. The second kappa shape index (κ2) is 5.94. The highest BCUT2D eigenvalue weighted by Gasteiger charge is 2.15. The topological polar surface area (TPSA) is 97.5 Å². The third kappa shape index (κ3) is 6.42. The summed E-state index contributed by atoms with van der Waals surface area (Å²) in [4.78, 5) is 8.93. The number of benzene rings is 1. The van der Waals surface area contributed by atoms with Gasteiger partial charge in [-0.15, -0.1) is 0 Å². The second-order valence-electron chi connectivity index (χ2n) is 2.42. The Morgan fingerprint density at radius 1 is 1.07 bits per heavy atom. The molecule has 0 fully saturated rings. The molecule has 3 N–H and O–H groups in total. The molecule has 6 heteroatoms. The van der Waals surface area contributed by atoms with E-state index in [1.165, 1.54) is 0 Å². The number of carbonyl (C=O) groups excluding carboxylic acids is 1. The van der Waals surface area contributed by atoms with Gasteiger partial charge in [0.15, 0.2) is 4.91 Å². The first kappa shape index (κ1) is 13.3. The fraction of sp³-hybridized carbons (Fsp3) is 0. The van der Waals surface area contributed by atoms with E-state index in [4.69, 9.17) is 4.55 Å². The lowest BCUT2D eigenvalue weighted by Gasteiger charge is -1.91. The van der Waals surface area contributed by atoms with Crippen molar-refractivity contribution >= 4 is 16.0 Å². The molecule has 15 heavy (non-hydrogen) atoms. The summed E-state index contributed by atoms with van der Waals surface area (Å²) in [5, 5.41) is 0. The molecule has 0 spiro atoms. The van der Waals surface area contributed by atoms with Crippen molar-refractivity contribution in [2.75, 3.05) is 0 Å². The normalized spacial score (nSPS) is 9.67. The molecule has 5 nitrogen and oxygen atoms in total. The highest BCUT2D eigenvalue weighted by atomic mass is 32.2. The standard InChI is InChI=1S/C6H6.C3H5NO4S/c1-2-4-6-5-3-1;1-2(3(4)5)9(6,7)8/h1-6H;1H2,(H2,4,5)(H,6,7,8). The van der Waals surface area contributed by atoms with Gasteiger partial charge in [0, 0.05) is 0 Å². The Morgan fingerprint density at radius 2 is 1.33 bits per heavy atom. The van der Waals surface area contributed by atoms with Gasteiger partial charge in [0.1, 0.15) is 0 Å². The van der Waals surface area contributed by atoms with Gasteiger partial charge >= 0.3 is 0 Å². The van der Waals surface area contributed by atoms with Crippen LogP contribution in [0.15, 0.2) is 47.9 Å². The summed E-state index contributed by atoms with van der Waals surface area (Å²) in [5.74, 6) is -1.25. The Hall–Kier alpha value is -1.66. The fourth-order valence-corrected chi connectivity index (χ4v) is 0.766. The Labute approximate surface area is 88.0 Å². The molecular weight excluding hydrogens is 218 g/mol. The van der Waals surface area contributed by atoms with E-state index in [-0.39, 0.29) is 0 Å². The molecule has 82 valence electrons. The van der Waals surface area contributed by atoms with Gasteiger partial charge in [0.2, 0.25) is 0 Å². The zero-order valence-electron chi connectivity index (χ0n) is 7.83. The van der Waals surface area contributed by atoms with Crippen LogP contribution >= 0.6 is 0 Å². The third-order valence-electron chi connectivity index (χ3n) is 1.25. The minimum Gasteiger partial charge on any atom is -0.365 e. The lowest BCUT2D eigenvalue weighted by Crippen LogP contribution is -2.19.